The van der Waals surface area contributed by atoms with Gasteiger partial charge in [0.05, 0.1) is 0 Å². The number of likely N-dealkylation sites (tertiary alicyclic amines) is 1. The number of rotatable bonds is 4. The molecule has 4 unspecified atom stereocenters. The van der Waals surface area contributed by atoms with Crippen LogP contribution in [0.25, 0.3) is 0 Å². The number of hydrogen-bond donors (Lipinski definition) is 1. The van der Waals surface area contributed by atoms with Gasteiger partial charge >= 0.3 is 0 Å². The highest BCUT2D eigenvalue weighted by Gasteiger charge is 2.38. The molecule has 3 rings (SSSR count). The number of nitrogens with one attached hydrogen (secondary N) is 1. The molecule has 16 heavy (non-hydrogen) atoms. The first-order chi connectivity index (χ1) is 7.81. The molecule has 2 nitrogen and oxygen atoms in total. The molecule has 1 heterocycles. The van der Waals surface area contributed by atoms with Crippen molar-refractivity contribution in [2.75, 3.05) is 33.2 Å². The molecule has 2 aliphatic carbocycles. The molecule has 2 bridgehead atoms. The zero-order valence-electron chi connectivity index (χ0n) is 10.6. The Morgan fingerprint density at radius 3 is 2.69 bits per heavy atom. The van der Waals surface area contributed by atoms with Crippen molar-refractivity contribution in [1.82, 2.24) is 10.2 Å². The summed E-state index contributed by atoms with van der Waals surface area (Å²) in [5, 5.41) is 3.75. The highest BCUT2D eigenvalue weighted by molar-refractivity contribution is 4.91. The summed E-state index contributed by atoms with van der Waals surface area (Å²) in [5.74, 6) is 4.14. The van der Waals surface area contributed by atoms with Crippen molar-refractivity contribution in [2.45, 2.75) is 32.1 Å². The van der Waals surface area contributed by atoms with E-state index in [0.29, 0.717) is 0 Å². The van der Waals surface area contributed by atoms with E-state index in [1.54, 1.807) is 6.42 Å². The van der Waals surface area contributed by atoms with Crippen molar-refractivity contribution in [2.24, 2.45) is 23.7 Å². The third kappa shape index (κ3) is 2.28. The first-order valence-electron chi connectivity index (χ1n) is 7.20. The monoisotopic (exact) mass is 222 g/mol. The highest BCUT2D eigenvalue weighted by Crippen LogP contribution is 2.47. The van der Waals surface area contributed by atoms with Gasteiger partial charge in [-0.05, 0) is 76.0 Å². The molecule has 0 radical (unpaired) electrons. The molecule has 2 saturated carbocycles. The summed E-state index contributed by atoms with van der Waals surface area (Å²) in [7, 11) is 2.25. The Hall–Kier alpha value is -0.0800. The van der Waals surface area contributed by atoms with Crippen LogP contribution in [0.15, 0.2) is 0 Å². The van der Waals surface area contributed by atoms with Crippen LogP contribution in [0.1, 0.15) is 32.1 Å². The first kappa shape index (κ1) is 11.0. The van der Waals surface area contributed by atoms with E-state index in [9.17, 15) is 0 Å². The van der Waals surface area contributed by atoms with Gasteiger partial charge in [0.25, 0.3) is 0 Å². The topological polar surface area (TPSA) is 15.3 Å². The van der Waals surface area contributed by atoms with Crippen LogP contribution < -0.4 is 5.32 Å². The lowest BCUT2D eigenvalue weighted by Crippen LogP contribution is -2.31. The summed E-state index contributed by atoms with van der Waals surface area (Å²) in [4.78, 5) is 2.46. The SMILES string of the molecule is CN1CCC(CNCC2CC3CCC2C3)C1. The van der Waals surface area contributed by atoms with Gasteiger partial charge < -0.3 is 10.2 Å². The minimum absolute atomic E-state index is 0.920. The van der Waals surface area contributed by atoms with Crippen molar-refractivity contribution in [3.05, 3.63) is 0 Å². The maximum Gasteiger partial charge on any atom is 0.00192 e. The molecule has 0 aromatic heterocycles. The van der Waals surface area contributed by atoms with Crippen molar-refractivity contribution >= 4 is 0 Å². The molecule has 92 valence electrons. The normalized spacial score (nSPS) is 43.3. The quantitative estimate of drug-likeness (QED) is 0.782. The van der Waals surface area contributed by atoms with Crippen LogP contribution in [0.4, 0.5) is 0 Å². The zero-order valence-corrected chi connectivity index (χ0v) is 10.6. The van der Waals surface area contributed by atoms with Crippen molar-refractivity contribution in [3.63, 3.8) is 0 Å². The third-order valence-electron chi connectivity index (χ3n) is 5.21. The summed E-state index contributed by atoms with van der Waals surface area (Å²) in [6.07, 6.45) is 7.55. The van der Waals surface area contributed by atoms with E-state index in [2.05, 4.69) is 17.3 Å². The van der Waals surface area contributed by atoms with Gasteiger partial charge in [-0.25, -0.2) is 0 Å². The molecular formula is C14H26N2. The molecule has 0 amide bonds. The Morgan fingerprint density at radius 1 is 1.12 bits per heavy atom. The van der Waals surface area contributed by atoms with Gasteiger partial charge in [0.2, 0.25) is 0 Å². The van der Waals surface area contributed by atoms with E-state index in [4.69, 9.17) is 0 Å². The van der Waals surface area contributed by atoms with E-state index in [-0.39, 0.29) is 0 Å². The van der Waals surface area contributed by atoms with Crippen LogP contribution in [-0.2, 0) is 0 Å². The van der Waals surface area contributed by atoms with Gasteiger partial charge in [-0.1, -0.05) is 6.42 Å². The second-order valence-corrected chi connectivity index (χ2v) is 6.51. The largest absolute Gasteiger partial charge is 0.316 e. The van der Waals surface area contributed by atoms with Crippen LogP contribution in [-0.4, -0.2) is 38.1 Å². The Balaban J connectivity index is 1.35. The van der Waals surface area contributed by atoms with Gasteiger partial charge in [0.15, 0.2) is 0 Å². The third-order valence-corrected chi connectivity index (χ3v) is 5.21. The summed E-state index contributed by atoms with van der Waals surface area (Å²) in [6, 6.07) is 0. The fourth-order valence-electron chi connectivity index (χ4n) is 4.29. The molecular weight excluding hydrogens is 196 g/mol. The number of hydrogen-bond acceptors (Lipinski definition) is 2. The van der Waals surface area contributed by atoms with Gasteiger partial charge in [0.1, 0.15) is 0 Å². The molecule has 4 atom stereocenters. The maximum absolute atomic E-state index is 3.75. The lowest BCUT2D eigenvalue weighted by Gasteiger charge is -2.22. The minimum atomic E-state index is 0.920. The standard InChI is InChI=1S/C14H26N2/c1-16-5-4-12(10-16)8-15-9-14-7-11-2-3-13(14)6-11/h11-15H,2-10H2,1H3. The molecule has 0 spiro atoms. The lowest BCUT2D eigenvalue weighted by molar-refractivity contribution is 0.309. The molecule has 0 aromatic rings. The molecule has 1 N–H and O–H groups in total. The highest BCUT2D eigenvalue weighted by atomic mass is 15.1. The van der Waals surface area contributed by atoms with Crippen LogP contribution in [0.2, 0.25) is 0 Å². The van der Waals surface area contributed by atoms with Gasteiger partial charge in [-0.15, -0.1) is 0 Å². The fourth-order valence-corrected chi connectivity index (χ4v) is 4.29. The Morgan fingerprint density at radius 2 is 2.06 bits per heavy atom. The predicted molar refractivity (Wildman–Crippen MR) is 67.4 cm³/mol. The molecule has 0 aromatic carbocycles. The van der Waals surface area contributed by atoms with Crippen molar-refractivity contribution < 1.29 is 0 Å². The van der Waals surface area contributed by atoms with E-state index in [0.717, 1.165) is 23.7 Å². The van der Waals surface area contributed by atoms with Crippen LogP contribution >= 0.6 is 0 Å². The van der Waals surface area contributed by atoms with Crippen LogP contribution in [0.5, 0.6) is 0 Å². The maximum atomic E-state index is 3.75. The average molecular weight is 222 g/mol. The van der Waals surface area contributed by atoms with Crippen molar-refractivity contribution in [3.8, 4) is 0 Å². The van der Waals surface area contributed by atoms with Crippen LogP contribution in [0, 0.1) is 23.7 Å². The Bertz CT molecular complexity index is 241. The van der Waals surface area contributed by atoms with E-state index >= 15 is 0 Å². The Labute approximate surface area is 99.8 Å². The molecule has 3 aliphatic rings. The smallest absolute Gasteiger partial charge is 0.00192 e. The van der Waals surface area contributed by atoms with E-state index in [1.165, 1.54) is 51.9 Å². The number of nitrogens with zero attached hydrogens (tertiary/aromatic N) is 1. The summed E-state index contributed by atoms with van der Waals surface area (Å²) in [6.45, 7) is 5.18. The summed E-state index contributed by atoms with van der Waals surface area (Å²) >= 11 is 0. The Kier molecular flexibility index (Phi) is 3.21. The lowest BCUT2D eigenvalue weighted by atomic mass is 9.89. The molecule has 1 aliphatic heterocycles. The summed E-state index contributed by atoms with van der Waals surface area (Å²) in [5.41, 5.74) is 0. The zero-order chi connectivity index (χ0) is 11.0. The van der Waals surface area contributed by atoms with Gasteiger partial charge in [-0.3, -0.25) is 0 Å². The van der Waals surface area contributed by atoms with Gasteiger partial charge in [0, 0.05) is 6.54 Å². The van der Waals surface area contributed by atoms with Gasteiger partial charge in [-0.2, -0.15) is 0 Å². The van der Waals surface area contributed by atoms with E-state index < -0.39 is 0 Å². The fraction of sp³-hybridized carbons (Fsp3) is 1.00. The second-order valence-electron chi connectivity index (χ2n) is 6.51. The summed E-state index contributed by atoms with van der Waals surface area (Å²) < 4.78 is 0. The number of fused-ring (bicyclic) bond motifs is 2. The molecule has 3 fully saturated rings. The second kappa shape index (κ2) is 4.66. The average Bonchev–Trinajstić information content (AvgIpc) is 2.94. The first-order valence-corrected chi connectivity index (χ1v) is 7.20. The molecule has 1 saturated heterocycles. The minimum Gasteiger partial charge on any atom is -0.316 e. The van der Waals surface area contributed by atoms with E-state index in [1.807, 2.05) is 0 Å². The van der Waals surface area contributed by atoms with Crippen molar-refractivity contribution in [1.29, 1.82) is 0 Å². The van der Waals surface area contributed by atoms with Crippen LogP contribution in [0.3, 0.4) is 0 Å². The molecule has 2 heteroatoms. The predicted octanol–water partition coefficient (Wildman–Crippen LogP) is 1.96.